The first-order chi connectivity index (χ1) is 22.8. The van der Waals surface area contributed by atoms with Crippen LogP contribution in [-0.2, 0) is 5.41 Å². The van der Waals surface area contributed by atoms with Gasteiger partial charge in [0.2, 0.25) is 0 Å². The number of furan rings is 1. The second-order valence-electron chi connectivity index (χ2n) is 12.0. The molecule has 1 atom stereocenters. The van der Waals surface area contributed by atoms with Gasteiger partial charge in [-0.15, -0.1) is 0 Å². The van der Waals surface area contributed by atoms with Gasteiger partial charge in [0.1, 0.15) is 22.7 Å². The van der Waals surface area contributed by atoms with Gasteiger partial charge in [-0.2, -0.15) is 0 Å². The zero-order valence-electron chi connectivity index (χ0n) is 24.9. The Morgan fingerprint density at radius 3 is 1.89 bits per heavy atom. The first-order valence-electron chi connectivity index (χ1n) is 15.7. The van der Waals surface area contributed by atoms with E-state index >= 15 is 0 Å². The molecule has 46 heavy (non-hydrogen) atoms. The monoisotopic (exact) mass is 589 g/mol. The second-order valence-corrected chi connectivity index (χ2v) is 12.0. The quantitative estimate of drug-likeness (QED) is 0.205. The molecule has 2 heterocycles. The molecule has 1 aliphatic carbocycles. The predicted molar refractivity (Wildman–Crippen MR) is 186 cm³/mol. The molecule has 0 bridgehead atoms. The molecule has 2 aliphatic rings. The van der Waals surface area contributed by atoms with Gasteiger partial charge < -0.3 is 14.1 Å². The first kappa shape index (κ1) is 25.3. The van der Waals surface area contributed by atoms with Gasteiger partial charge in [-0.05, 0) is 82.9 Å². The summed E-state index contributed by atoms with van der Waals surface area (Å²) in [4.78, 5) is 2.34. The molecule has 1 unspecified atom stereocenters. The number of rotatable bonds is 3. The van der Waals surface area contributed by atoms with Crippen LogP contribution in [0.4, 0.5) is 17.1 Å². The molecule has 1 spiro atoms. The Bertz CT molecular complexity index is 2420. The van der Waals surface area contributed by atoms with Gasteiger partial charge in [0.05, 0.1) is 11.0 Å². The van der Waals surface area contributed by atoms with Gasteiger partial charge in [-0.3, -0.25) is 0 Å². The zero-order valence-corrected chi connectivity index (χ0v) is 24.9. The van der Waals surface area contributed by atoms with Crippen LogP contribution in [0.1, 0.15) is 22.3 Å². The van der Waals surface area contributed by atoms with Crippen molar-refractivity contribution in [2.75, 3.05) is 4.90 Å². The van der Waals surface area contributed by atoms with Crippen molar-refractivity contribution in [2.45, 2.75) is 5.41 Å². The number of benzene rings is 7. The minimum absolute atomic E-state index is 0.668. The van der Waals surface area contributed by atoms with Crippen LogP contribution in [0.25, 0.3) is 33.1 Å². The lowest BCUT2D eigenvalue weighted by atomic mass is 9.65. The van der Waals surface area contributed by atoms with Gasteiger partial charge >= 0.3 is 0 Å². The molecule has 0 fully saturated rings. The normalized spacial score (nSPS) is 15.7. The van der Waals surface area contributed by atoms with E-state index in [0.29, 0.717) is 0 Å². The molecule has 0 radical (unpaired) electrons. The highest BCUT2D eigenvalue weighted by Crippen LogP contribution is 2.64. The number of ether oxygens (including phenoxy) is 1. The molecule has 0 saturated carbocycles. The Kier molecular flexibility index (Phi) is 5.20. The number of para-hydroxylation sites is 4. The fraction of sp³-hybridized carbons (Fsp3) is 0.0233. The summed E-state index contributed by atoms with van der Waals surface area (Å²) in [5.74, 6) is 1.68. The minimum atomic E-state index is -0.668. The number of hydrogen-bond donors (Lipinski definition) is 0. The minimum Gasteiger partial charge on any atom is -0.457 e. The second kappa shape index (κ2) is 9.47. The Balaban J connectivity index is 1.35. The van der Waals surface area contributed by atoms with E-state index < -0.39 is 5.41 Å². The Labute approximate surface area is 266 Å². The summed E-state index contributed by atoms with van der Waals surface area (Å²) < 4.78 is 13.6. The third kappa shape index (κ3) is 3.32. The predicted octanol–water partition coefficient (Wildman–Crippen LogP) is 11.5. The van der Waals surface area contributed by atoms with Gasteiger partial charge in [0, 0.05) is 33.4 Å². The third-order valence-corrected chi connectivity index (χ3v) is 9.71. The SMILES string of the molecule is c1ccc(N(c2ccccc2)c2ccc3c(c2)C2(c4ccccc4Oc4ccc5c(oc6ccccc65)c42)c2ccccc2-3)cc1. The van der Waals surface area contributed by atoms with Crippen molar-refractivity contribution in [1.29, 1.82) is 0 Å². The smallest absolute Gasteiger partial charge is 0.143 e. The van der Waals surface area contributed by atoms with Gasteiger partial charge in [-0.25, -0.2) is 0 Å². The molecule has 0 N–H and O–H groups in total. The molecule has 3 nitrogen and oxygen atoms in total. The summed E-state index contributed by atoms with van der Waals surface area (Å²) >= 11 is 0. The summed E-state index contributed by atoms with van der Waals surface area (Å²) in [7, 11) is 0. The number of hydrogen-bond acceptors (Lipinski definition) is 3. The van der Waals surface area contributed by atoms with E-state index in [0.717, 1.165) is 61.6 Å². The fourth-order valence-corrected chi connectivity index (χ4v) is 7.90. The molecule has 0 saturated heterocycles. The van der Waals surface area contributed by atoms with Crippen LogP contribution in [0.5, 0.6) is 11.5 Å². The van der Waals surface area contributed by atoms with Crippen LogP contribution < -0.4 is 9.64 Å². The largest absolute Gasteiger partial charge is 0.457 e. The fourth-order valence-electron chi connectivity index (χ4n) is 7.90. The highest BCUT2D eigenvalue weighted by atomic mass is 16.5. The number of anilines is 3. The van der Waals surface area contributed by atoms with E-state index in [1.54, 1.807) is 0 Å². The summed E-state index contributed by atoms with van der Waals surface area (Å²) in [6.07, 6.45) is 0. The van der Waals surface area contributed by atoms with Crippen LogP contribution >= 0.6 is 0 Å². The van der Waals surface area contributed by atoms with Crippen molar-refractivity contribution >= 4 is 39.0 Å². The number of fused-ring (bicyclic) bond motifs is 13. The Morgan fingerprint density at radius 2 is 1.09 bits per heavy atom. The van der Waals surface area contributed by atoms with Crippen molar-refractivity contribution in [2.24, 2.45) is 0 Å². The van der Waals surface area contributed by atoms with Crippen molar-refractivity contribution in [3.63, 3.8) is 0 Å². The summed E-state index contributed by atoms with van der Waals surface area (Å²) in [5, 5.41) is 2.20. The van der Waals surface area contributed by atoms with Crippen molar-refractivity contribution in [3.8, 4) is 22.6 Å². The molecule has 7 aromatic carbocycles. The maximum absolute atomic E-state index is 6.81. The molecule has 10 rings (SSSR count). The van der Waals surface area contributed by atoms with Crippen LogP contribution in [0.3, 0.4) is 0 Å². The Morgan fingerprint density at radius 1 is 0.435 bits per heavy atom. The molecule has 8 aromatic rings. The van der Waals surface area contributed by atoms with E-state index in [-0.39, 0.29) is 0 Å². The summed E-state index contributed by atoms with van der Waals surface area (Å²) in [6.45, 7) is 0. The Hall–Kier alpha value is -6.06. The van der Waals surface area contributed by atoms with Crippen LogP contribution in [-0.4, -0.2) is 0 Å². The lowest BCUT2D eigenvalue weighted by Gasteiger charge is -2.39. The first-order valence-corrected chi connectivity index (χ1v) is 15.7. The molecule has 3 heteroatoms. The molecule has 1 aromatic heterocycles. The molecule has 216 valence electrons. The lowest BCUT2D eigenvalue weighted by Crippen LogP contribution is -2.32. The van der Waals surface area contributed by atoms with Gasteiger partial charge in [0.15, 0.2) is 0 Å². The van der Waals surface area contributed by atoms with Crippen molar-refractivity contribution in [1.82, 2.24) is 0 Å². The van der Waals surface area contributed by atoms with E-state index in [4.69, 9.17) is 9.15 Å². The zero-order chi connectivity index (χ0) is 30.2. The standard InChI is InChI=1S/C43H27NO2/c1-3-13-28(14-4-1)44(29-15-5-2-6-16-29)30-23-24-32-31-17-7-9-19-35(31)43(37(32)27-30)36-20-10-12-22-39(36)45-40-26-25-34-33-18-8-11-21-38(33)46-42(34)41(40)43/h1-27H. The van der Waals surface area contributed by atoms with Crippen LogP contribution in [0.15, 0.2) is 168 Å². The number of nitrogens with zero attached hydrogens (tertiary/aromatic N) is 1. The van der Waals surface area contributed by atoms with Crippen LogP contribution in [0, 0.1) is 0 Å². The van der Waals surface area contributed by atoms with Gasteiger partial charge in [0.25, 0.3) is 0 Å². The average molecular weight is 590 g/mol. The van der Waals surface area contributed by atoms with Gasteiger partial charge in [-0.1, -0.05) is 103 Å². The molecular weight excluding hydrogens is 562 g/mol. The summed E-state index contributed by atoms with van der Waals surface area (Å²) in [6, 6.07) is 58.1. The topological polar surface area (TPSA) is 25.6 Å². The third-order valence-electron chi connectivity index (χ3n) is 9.71. The van der Waals surface area contributed by atoms with Crippen LogP contribution in [0.2, 0.25) is 0 Å². The maximum Gasteiger partial charge on any atom is 0.143 e. The average Bonchev–Trinajstić information content (AvgIpc) is 3.63. The highest BCUT2D eigenvalue weighted by molar-refractivity contribution is 6.08. The molecular formula is C43H27NO2. The van der Waals surface area contributed by atoms with Crippen molar-refractivity contribution in [3.05, 3.63) is 186 Å². The summed E-state index contributed by atoms with van der Waals surface area (Å²) in [5.41, 5.74) is 11.4. The highest BCUT2D eigenvalue weighted by Gasteiger charge is 2.53. The molecule has 0 amide bonds. The van der Waals surface area contributed by atoms with E-state index in [1.807, 2.05) is 6.07 Å². The van der Waals surface area contributed by atoms with Crippen molar-refractivity contribution < 1.29 is 9.15 Å². The van der Waals surface area contributed by atoms with E-state index in [1.165, 1.54) is 22.3 Å². The lowest BCUT2D eigenvalue weighted by molar-refractivity contribution is 0.435. The van der Waals surface area contributed by atoms with E-state index in [9.17, 15) is 0 Å². The molecule has 1 aliphatic heterocycles. The van der Waals surface area contributed by atoms with E-state index in [2.05, 4.69) is 163 Å². The maximum atomic E-state index is 6.81.